The number of ether oxygens (including phenoxy) is 1. The summed E-state index contributed by atoms with van der Waals surface area (Å²) in [5, 5.41) is 22.9. The molecule has 0 aliphatic heterocycles. The third-order valence-corrected chi connectivity index (χ3v) is 7.85. The van der Waals surface area contributed by atoms with Crippen LogP contribution in [0.3, 0.4) is 0 Å². The first kappa shape index (κ1) is 24.3. The van der Waals surface area contributed by atoms with E-state index in [1.165, 1.54) is 42.4 Å². The summed E-state index contributed by atoms with van der Waals surface area (Å²) in [5.41, 5.74) is 0. The topological polar surface area (TPSA) is 94.8 Å². The largest absolute Gasteiger partial charge is 0.484 e. The number of amides is 1. The summed E-state index contributed by atoms with van der Waals surface area (Å²) in [7, 11) is 0. The van der Waals surface area contributed by atoms with E-state index in [4.69, 9.17) is 27.9 Å². The molecule has 1 aromatic carbocycles. The molecule has 3 aromatic rings. The van der Waals surface area contributed by atoms with E-state index in [0.717, 1.165) is 17.8 Å². The van der Waals surface area contributed by atoms with Crippen molar-refractivity contribution in [3.8, 4) is 5.75 Å². The molecular formula is C21H24Cl2N6O2S2. The fourth-order valence-electron chi connectivity index (χ4n) is 3.67. The zero-order valence-corrected chi connectivity index (χ0v) is 21.2. The minimum Gasteiger partial charge on any atom is -0.484 e. The van der Waals surface area contributed by atoms with Gasteiger partial charge in [-0.3, -0.25) is 10.1 Å². The zero-order valence-electron chi connectivity index (χ0n) is 18.1. The molecule has 0 saturated heterocycles. The Morgan fingerprint density at radius 2 is 2.03 bits per heavy atom. The van der Waals surface area contributed by atoms with Gasteiger partial charge in [0.25, 0.3) is 0 Å². The van der Waals surface area contributed by atoms with Gasteiger partial charge >= 0.3 is 0 Å². The summed E-state index contributed by atoms with van der Waals surface area (Å²) in [6, 6.07) is 5.03. The van der Waals surface area contributed by atoms with E-state index in [9.17, 15) is 4.79 Å². The molecule has 1 saturated carbocycles. The Hall–Kier alpha value is -1.88. The number of hydrogen-bond donors (Lipinski definition) is 1. The molecule has 0 atom stereocenters. The van der Waals surface area contributed by atoms with Gasteiger partial charge in [0.15, 0.2) is 11.0 Å². The molecule has 1 aliphatic rings. The highest BCUT2D eigenvalue weighted by Crippen LogP contribution is 2.35. The first-order valence-corrected chi connectivity index (χ1v) is 13.3. The van der Waals surface area contributed by atoms with E-state index in [1.807, 2.05) is 11.5 Å². The van der Waals surface area contributed by atoms with Gasteiger partial charge in [-0.05, 0) is 31.9 Å². The van der Waals surface area contributed by atoms with Crippen LogP contribution in [-0.2, 0) is 17.9 Å². The van der Waals surface area contributed by atoms with Crippen molar-refractivity contribution in [1.29, 1.82) is 0 Å². The van der Waals surface area contributed by atoms with Gasteiger partial charge in [0.1, 0.15) is 17.4 Å². The van der Waals surface area contributed by atoms with Crippen LogP contribution < -0.4 is 10.1 Å². The number of halogens is 2. The van der Waals surface area contributed by atoms with Crippen molar-refractivity contribution < 1.29 is 9.53 Å². The molecule has 2 aromatic heterocycles. The Kier molecular flexibility index (Phi) is 8.45. The van der Waals surface area contributed by atoms with E-state index < -0.39 is 0 Å². The van der Waals surface area contributed by atoms with E-state index in [-0.39, 0.29) is 18.3 Å². The van der Waals surface area contributed by atoms with Gasteiger partial charge in [0.05, 0.1) is 10.8 Å². The first-order valence-electron chi connectivity index (χ1n) is 10.8. The number of rotatable bonds is 9. The van der Waals surface area contributed by atoms with Gasteiger partial charge in [-0.2, -0.15) is 0 Å². The molecule has 0 unspecified atom stereocenters. The molecule has 0 radical (unpaired) electrons. The van der Waals surface area contributed by atoms with Gasteiger partial charge in [0, 0.05) is 23.6 Å². The minimum atomic E-state index is -0.152. The molecule has 0 spiro atoms. The first-order chi connectivity index (χ1) is 16.0. The summed E-state index contributed by atoms with van der Waals surface area (Å²) < 4.78 is 7.68. The maximum atomic E-state index is 12.5. The summed E-state index contributed by atoms with van der Waals surface area (Å²) in [4.78, 5) is 12.5. The van der Waals surface area contributed by atoms with Crippen LogP contribution in [0.15, 0.2) is 23.4 Å². The van der Waals surface area contributed by atoms with Crippen LogP contribution in [0.2, 0.25) is 10.0 Å². The number of benzene rings is 1. The number of carbonyl (C=O) groups is 1. The predicted octanol–water partition coefficient (Wildman–Crippen LogP) is 5.81. The molecule has 1 N–H and O–H groups in total. The van der Waals surface area contributed by atoms with Gasteiger partial charge in [-0.1, -0.05) is 65.6 Å². The van der Waals surface area contributed by atoms with Gasteiger partial charge in [-0.25, -0.2) is 0 Å². The number of aromatic nitrogens is 5. The van der Waals surface area contributed by atoms with E-state index in [0.29, 0.717) is 44.4 Å². The normalized spacial score (nSPS) is 14.4. The van der Waals surface area contributed by atoms with Crippen molar-refractivity contribution in [2.75, 3.05) is 11.1 Å². The molecule has 176 valence electrons. The molecule has 8 nitrogen and oxygen atoms in total. The quantitative estimate of drug-likeness (QED) is 0.351. The average Bonchev–Trinajstić information content (AvgIpc) is 3.45. The lowest BCUT2D eigenvalue weighted by atomic mass is 9.90. The standard InChI is InChI=1S/C21H24Cl2N6O2S2/c1-2-29-17(11-31-16-10-14(22)8-9-15(16)23)25-28-21(29)32-12-18(30)24-20-27-26-19(33-20)13-6-4-3-5-7-13/h8-10,13H,2-7,11-12H2,1H3,(H,24,27,30). The van der Waals surface area contributed by atoms with Crippen LogP contribution in [0.4, 0.5) is 5.13 Å². The number of anilines is 1. The Morgan fingerprint density at radius 3 is 2.82 bits per heavy atom. The van der Waals surface area contributed by atoms with Crippen molar-refractivity contribution in [3.63, 3.8) is 0 Å². The molecule has 2 heterocycles. The van der Waals surface area contributed by atoms with Gasteiger partial charge in [0.2, 0.25) is 11.0 Å². The fraction of sp³-hybridized carbons (Fsp3) is 0.476. The summed E-state index contributed by atoms with van der Waals surface area (Å²) in [6.07, 6.45) is 6.07. The average molecular weight is 528 g/mol. The van der Waals surface area contributed by atoms with Crippen LogP contribution in [0.25, 0.3) is 0 Å². The number of carbonyl (C=O) groups excluding carboxylic acids is 1. The molecule has 33 heavy (non-hydrogen) atoms. The molecular weight excluding hydrogens is 503 g/mol. The van der Waals surface area contributed by atoms with Crippen LogP contribution in [-0.4, -0.2) is 36.6 Å². The number of thioether (sulfide) groups is 1. The van der Waals surface area contributed by atoms with Crippen molar-refractivity contribution in [3.05, 3.63) is 39.1 Å². The molecule has 1 fully saturated rings. The van der Waals surface area contributed by atoms with Crippen molar-refractivity contribution in [1.82, 2.24) is 25.0 Å². The second-order valence-corrected chi connectivity index (χ2v) is 10.4. The number of nitrogens with one attached hydrogen (secondary N) is 1. The maximum Gasteiger partial charge on any atom is 0.236 e. The number of nitrogens with zero attached hydrogens (tertiary/aromatic N) is 5. The monoisotopic (exact) mass is 526 g/mol. The summed E-state index contributed by atoms with van der Waals surface area (Å²) in [5.74, 6) is 1.63. The van der Waals surface area contributed by atoms with Crippen LogP contribution in [0.1, 0.15) is 55.8 Å². The van der Waals surface area contributed by atoms with Crippen molar-refractivity contribution in [2.45, 2.75) is 63.3 Å². The second-order valence-electron chi connectivity index (χ2n) is 7.62. The highest BCUT2D eigenvalue weighted by Gasteiger charge is 2.20. The Bertz CT molecular complexity index is 1100. The Balaban J connectivity index is 1.31. The summed E-state index contributed by atoms with van der Waals surface area (Å²) >= 11 is 15.0. The molecule has 4 rings (SSSR count). The lowest BCUT2D eigenvalue weighted by Crippen LogP contribution is -2.14. The van der Waals surface area contributed by atoms with E-state index in [1.54, 1.807) is 18.2 Å². The lowest BCUT2D eigenvalue weighted by Gasteiger charge is -2.18. The molecule has 0 bridgehead atoms. The minimum absolute atomic E-state index is 0.152. The Morgan fingerprint density at radius 1 is 1.21 bits per heavy atom. The SMILES string of the molecule is CCn1c(COc2cc(Cl)ccc2Cl)nnc1SCC(=O)Nc1nnc(C2CCCCC2)s1. The maximum absolute atomic E-state index is 12.5. The molecule has 1 amide bonds. The third kappa shape index (κ3) is 6.38. The highest BCUT2D eigenvalue weighted by atomic mass is 35.5. The lowest BCUT2D eigenvalue weighted by molar-refractivity contribution is -0.113. The van der Waals surface area contributed by atoms with Crippen molar-refractivity contribution >= 4 is 57.3 Å². The zero-order chi connectivity index (χ0) is 23.2. The van der Waals surface area contributed by atoms with Crippen LogP contribution >= 0.6 is 46.3 Å². The van der Waals surface area contributed by atoms with Crippen LogP contribution in [0.5, 0.6) is 5.75 Å². The predicted molar refractivity (Wildman–Crippen MR) is 132 cm³/mol. The van der Waals surface area contributed by atoms with E-state index in [2.05, 4.69) is 25.7 Å². The molecule has 12 heteroatoms. The smallest absolute Gasteiger partial charge is 0.236 e. The number of hydrogen-bond acceptors (Lipinski definition) is 8. The highest BCUT2D eigenvalue weighted by molar-refractivity contribution is 7.99. The second kappa shape index (κ2) is 11.5. The van der Waals surface area contributed by atoms with Crippen molar-refractivity contribution in [2.24, 2.45) is 0 Å². The van der Waals surface area contributed by atoms with Gasteiger partial charge < -0.3 is 9.30 Å². The third-order valence-electron chi connectivity index (χ3n) is 5.33. The van der Waals surface area contributed by atoms with Crippen LogP contribution in [0, 0.1) is 0 Å². The Labute approximate surface area is 210 Å². The van der Waals surface area contributed by atoms with E-state index >= 15 is 0 Å². The molecule has 1 aliphatic carbocycles. The van der Waals surface area contributed by atoms with Gasteiger partial charge in [-0.15, -0.1) is 20.4 Å². The fourth-order valence-corrected chi connectivity index (χ4v) is 5.75. The summed E-state index contributed by atoms with van der Waals surface area (Å²) in [6.45, 7) is 2.81.